The SMILES string of the molecule is C[C@H]1CCc2sc(C(=O)OCC(=O)c3cc4c5c(c3)CC(=O)N5CCC4)cc2C1. The average Bonchev–Trinajstić information content (AvgIpc) is 3.27. The molecule has 150 valence electrons. The lowest BCUT2D eigenvalue weighted by Gasteiger charge is -2.25. The van der Waals surface area contributed by atoms with Crippen LogP contribution in [0.2, 0.25) is 0 Å². The molecule has 1 aromatic carbocycles. The molecule has 6 heteroatoms. The Morgan fingerprint density at radius 3 is 2.86 bits per heavy atom. The number of anilines is 1. The molecule has 29 heavy (non-hydrogen) atoms. The molecule has 1 atom stereocenters. The van der Waals surface area contributed by atoms with Crippen LogP contribution in [0, 0.1) is 5.92 Å². The molecular weight excluding hydrogens is 386 g/mol. The van der Waals surface area contributed by atoms with Gasteiger partial charge in [0.15, 0.2) is 12.4 Å². The fourth-order valence-corrected chi connectivity index (χ4v) is 5.83. The molecule has 1 aliphatic carbocycles. The first-order valence-corrected chi connectivity index (χ1v) is 11.1. The first-order chi connectivity index (χ1) is 14.0. The number of hydrogen-bond acceptors (Lipinski definition) is 5. The lowest BCUT2D eigenvalue weighted by molar-refractivity contribution is -0.117. The number of carbonyl (C=O) groups excluding carboxylic acids is 3. The van der Waals surface area contributed by atoms with Crippen molar-refractivity contribution in [3.05, 3.63) is 50.2 Å². The number of rotatable bonds is 4. The predicted octanol–water partition coefficient (Wildman–Crippen LogP) is 3.75. The van der Waals surface area contributed by atoms with E-state index in [2.05, 4.69) is 6.92 Å². The Hall–Kier alpha value is -2.47. The highest BCUT2D eigenvalue weighted by Crippen LogP contribution is 2.38. The summed E-state index contributed by atoms with van der Waals surface area (Å²) in [4.78, 5) is 41.0. The van der Waals surface area contributed by atoms with E-state index in [1.807, 2.05) is 17.0 Å². The van der Waals surface area contributed by atoms with Crippen molar-refractivity contribution in [3.8, 4) is 0 Å². The third kappa shape index (κ3) is 3.29. The van der Waals surface area contributed by atoms with E-state index in [0.717, 1.165) is 55.5 Å². The van der Waals surface area contributed by atoms with Gasteiger partial charge in [0, 0.05) is 17.0 Å². The molecule has 0 radical (unpaired) electrons. The third-order valence-electron chi connectivity index (χ3n) is 6.20. The minimum atomic E-state index is -0.422. The van der Waals surface area contributed by atoms with E-state index in [1.54, 1.807) is 6.07 Å². The molecular formula is C23H23NO4S. The maximum Gasteiger partial charge on any atom is 0.348 e. The summed E-state index contributed by atoms with van der Waals surface area (Å²) in [7, 11) is 0. The third-order valence-corrected chi connectivity index (χ3v) is 7.41. The maximum absolute atomic E-state index is 12.7. The molecule has 5 rings (SSSR count). The zero-order valence-electron chi connectivity index (χ0n) is 16.5. The van der Waals surface area contributed by atoms with Crippen LogP contribution < -0.4 is 4.90 Å². The van der Waals surface area contributed by atoms with Gasteiger partial charge in [-0.1, -0.05) is 6.92 Å². The van der Waals surface area contributed by atoms with E-state index < -0.39 is 5.97 Å². The van der Waals surface area contributed by atoms with Gasteiger partial charge in [0.25, 0.3) is 0 Å². The highest BCUT2D eigenvalue weighted by molar-refractivity contribution is 7.14. The standard InChI is InChI=1S/C23H23NO4S/c1-13-4-5-19-16(7-13)10-20(29-19)23(27)28-12-18(25)15-8-14-3-2-6-24-21(26)11-17(9-15)22(14)24/h8-10,13H,2-7,11-12H2,1H3/t13-/m0/s1. The number of esters is 1. The van der Waals surface area contributed by atoms with Crippen LogP contribution in [0.3, 0.4) is 0 Å². The number of Topliss-reactive ketones (excluding diaryl/α,β-unsaturated/α-hetero) is 1. The van der Waals surface area contributed by atoms with Crippen molar-refractivity contribution in [1.29, 1.82) is 0 Å². The number of carbonyl (C=O) groups is 3. The zero-order valence-corrected chi connectivity index (χ0v) is 17.3. The summed E-state index contributed by atoms with van der Waals surface area (Å²) in [5.41, 5.74) is 4.74. The van der Waals surface area contributed by atoms with E-state index in [0.29, 0.717) is 22.8 Å². The van der Waals surface area contributed by atoms with Gasteiger partial charge < -0.3 is 9.64 Å². The quantitative estimate of drug-likeness (QED) is 0.570. The number of ketones is 1. The molecule has 0 saturated heterocycles. The summed E-state index contributed by atoms with van der Waals surface area (Å²) < 4.78 is 5.34. The summed E-state index contributed by atoms with van der Waals surface area (Å²) in [5.74, 6) is 0.109. The smallest absolute Gasteiger partial charge is 0.348 e. The Morgan fingerprint density at radius 1 is 1.17 bits per heavy atom. The maximum atomic E-state index is 12.7. The van der Waals surface area contributed by atoms with Gasteiger partial charge in [0.2, 0.25) is 5.91 Å². The van der Waals surface area contributed by atoms with Crippen molar-refractivity contribution in [2.24, 2.45) is 5.92 Å². The second kappa shape index (κ2) is 7.10. The highest BCUT2D eigenvalue weighted by Gasteiger charge is 2.33. The summed E-state index contributed by atoms with van der Waals surface area (Å²) in [5, 5.41) is 0. The fraction of sp³-hybridized carbons (Fsp3) is 0.435. The van der Waals surface area contributed by atoms with Gasteiger partial charge in [-0.05, 0) is 72.9 Å². The molecule has 1 amide bonds. The predicted molar refractivity (Wildman–Crippen MR) is 111 cm³/mol. The Kier molecular flexibility index (Phi) is 4.54. The molecule has 0 bridgehead atoms. The van der Waals surface area contributed by atoms with E-state index in [4.69, 9.17) is 4.74 Å². The molecule has 0 fully saturated rings. The molecule has 1 aromatic heterocycles. The lowest BCUT2D eigenvalue weighted by Crippen LogP contribution is -2.31. The normalized spacial score (nSPS) is 19.7. The van der Waals surface area contributed by atoms with Crippen LogP contribution in [-0.4, -0.2) is 30.8 Å². The molecule has 0 spiro atoms. The van der Waals surface area contributed by atoms with Gasteiger partial charge in [-0.3, -0.25) is 9.59 Å². The van der Waals surface area contributed by atoms with Crippen LogP contribution >= 0.6 is 11.3 Å². The van der Waals surface area contributed by atoms with Crippen molar-refractivity contribution in [2.45, 2.75) is 45.4 Å². The average molecular weight is 410 g/mol. The van der Waals surface area contributed by atoms with Crippen LogP contribution in [-0.2, 0) is 35.2 Å². The Balaban J connectivity index is 1.29. The molecule has 2 aromatic rings. The van der Waals surface area contributed by atoms with Crippen LogP contribution in [0.25, 0.3) is 0 Å². The Bertz CT molecular complexity index is 1040. The summed E-state index contributed by atoms with van der Waals surface area (Å²) >= 11 is 1.49. The number of fused-ring (bicyclic) bond motifs is 1. The minimum Gasteiger partial charge on any atom is -0.453 e. The van der Waals surface area contributed by atoms with Gasteiger partial charge >= 0.3 is 5.97 Å². The second-order valence-electron chi connectivity index (χ2n) is 8.38. The number of benzene rings is 1. The summed E-state index contributed by atoms with van der Waals surface area (Å²) in [6, 6.07) is 5.59. The molecule has 0 unspecified atom stereocenters. The van der Waals surface area contributed by atoms with Crippen LogP contribution in [0.5, 0.6) is 0 Å². The lowest BCUT2D eigenvalue weighted by atomic mass is 9.90. The van der Waals surface area contributed by atoms with Gasteiger partial charge in [-0.25, -0.2) is 4.79 Å². The van der Waals surface area contributed by atoms with E-state index in [9.17, 15) is 14.4 Å². The van der Waals surface area contributed by atoms with E-state index in [-0.39, 0.29) is 18.3 Å². The van der Waals surface area contributed by atoms with Crippen LogP contribution in [0.15, 0.2) is 18.2 Å². The van der Waals surface area contributed by atoms with Gasteiger partial charge in [0.05, 0.1) is 12.1 Å². The number of nitrogens with zero attached hydrogens (tertiary/aromatic N) is 1. The molecule has 5 nitrogen and oxygen atoms in total. The van der Waals surface area contributed by atoms with Crippen molar-refractivity contribution >= 4 is 34.7 Å². The molecule has 3 heterocycles. The van der Waals surface area contributed by atoms with Crippen molar-refractivity contribution in [3.63, 3.8) is 0 Å². The Labute approximate surface area is 173 Å². The van der Waals surface area contributed by atoms with Crippen molar-refractivity contribution in [2.75, 3.05) is 18.1 Å². The topological polar surface area (TPSA) is 63.7 Å². The van der Waals surface area contributed by atoms with Crippen molar-refractivity contribution in [1.82, 2.24) is 0 Å². The highest BCUT2D eigenvalue weighted by atomic mass is 32.1. The van der Waals surface area contributed by atoms with Gasteiger partial charge in [-0.15, -0.1) is 11.3 Å². The molecule has 0 N–H and O–H groups in total. The summed E-state index contributed by atoms with van der Waals surface area (Å²) in [6.45, 7) is 2.72. The monoisotopic (exact) mass is 409 g/mol. The summed E-state index contributed by atoms with van der Waals surface area (Å²) in [6.07, 6.45) is 5.30. The molecule has 3 aliphatic rings. The zero-order chi connectivity index (χ0) is 20.1. The van der Waals surface area contributed by atoms with Crippen LogP contribution in [0.4, 0.5) is 5.69 Å². The van der Waals surface area contributed by atoms with E-state index >= 15 is 0 Å². The first-order valence-electron chi connectivity index (χ1n) is 10.3. The van der Waals surface area contributed by atoms with Crippen LogP contribution in [0.1, 0.15) is 61.4 Å². The van der Waals surface area contributed by atoms with Gasteiger partial charge in [-0.2, -0.15) is 0 Å². The molecule has 0 saturated carbocycles. The number of amides is 1. The second-order valence-corrected chi connectivity index (χ2v) is 9.51. The van der Waals surface area contributed by atoms with Gasteiger partial charge in [0.1, 0.15) is 4.88 Å². The first kappa shape index (κ1) is 18.6. The number of ether oxygens (including phenoxy) is 1. The number of hydrogen-bond donors (Lipinski definition) is 0. The van der Waals surface area contributed by atoms with Crippen molar-refractivity contribution < 1.29 is 19.1 Å². The number of thiophene rings is 1. The fourth-order valence-electron chi connectivity index (χ4n) is 4.73. The number of aryl methyl sites for hydroxylation is 2. The Morgan fingerprint density at radius 2 is 2.00 bits per heavy atom. The largest absolute Gasteiger partial charge is 0.453 e. The van der Waals surface area contributed by atoms with E-state index in [1.165, 1.54) is 21.8 Å². The molecule has 2 aliphatic heterocycles. The minimum absolute atomic E-state index is 0.105.